The molecule has 35 valence electrons. The van der Waals surface area contributed by atoms with E-state index in [9.17, 15) is 0 Å². The number of hydrogen-bond donors (Lipinski definition) is 3. The molecule has 6 heteroatoms. The van der Waals surface area contributed by atoms with E-state index >= 15 is 0 Å². The first-order valence-corrected chi connectivity index (χ1v) is 5.42. The van der Waals surface area contributed by atoms with E-state index in [-0.39, 0.29) is 0 Å². The second kappa shape index (κ2) is 9.44. The van der Waals surface area contributed by atoms with Crippen molar-refractivity contribution in [3.63, 3.8) is 0 Å². The first-order chi connectivity index (χ1) is 2.73. The summed E-state index contributed by atoms with van der Waals surface area (Å²) in [5.74, 6) is 0. The van der Waals surface area contributed by atoms with E-state index in [4.69, 9.17) is 23.6 Å². The van der Waals surface area contributed by atoms with Crippen molar-refractivity contribution in [1.29, 1.82) is 0 Å². The predicted molar refractivity (Wildman–Crippen MR) is 18.3 cm³/mol. The Bertz CT molecular complexity index is 15.5. The van der Waals surface area contributed by atoms with E-state index < -0.39 is 7.32 Å². The van der Waals surface area contributed by atoms with Gasteiger partial charge in [-0.1, -0.05) is 0 Å². The van der Waals surface area contributed by atoms with Crippen molar-refractivity contribution in [2.45, 2.75) is 0 Å². The second-order valence-electron chi connectivity index (χ2n) is 0.346. The molecule has 0 bridgehead atoms. The SMILES string of the molecule is OB(O)O.[Cl][Hf]. The van der Waals surface area contributed by atoms with Gasteiger partial charge in [-0.25, -0.2) is 0 Å². The molecule has 0 aromatic rings. The summed E-state index contributed by atoms with van der Waals surface area (Å²) in [4.78, 5) is 0. The molecule has 0 aromatic heterocycles. The first kappa shape index (κ1) is 10.2. The van der Waals surface area contributed by atoms with Gasteiger partial charge in [0.05, 0.1) is 0 Å². The van der Waals surface area contributed by atoms with Crippen molar-refractivity contribution in [2.75, 3.05) is 0 Å². The van der Waals surface area contributed by atoms with Crippen LogP contribution in [-0.2, 0) is 23.2 Å². The fourth-order valence-corrected chi connectivity index (χ4v) is 0. The minimum atomic E-state index is -2.17. The van der Waals surface area contributed by atoms with E-state index in [0.29, 0.717) is 0 Å². The van der Waals surface area contributed by atoms with Crippen molar-refractivity contribution < 1.29 is 38.3 Å². The second-order valence-corrected chi connectivity index (χ2v) is 0.346. The molecule has 0 rings (SSSR count). The van der Waals surface area contributed by atoms with Crippen LogP contribution in [0.3, 0.4) is 0 Å². The van der Waals surface area contributed by atoms with E-state index in [1.165, 1.54) is 0 Å². The Morgan fingerprint density at radius 2 is 1.17 bits per heavy atom. The molecule has 0 fully saturated rings. The summed E-state index contributed by atoms with van der Waals surface area (Å²) in [5.41, 5.74) is 0. The Kier molecular flexibility index (Phi) is 16.0. The number of hydrogen-bond acceptors (Lipinski definition) is 3. The molecule has 0 amide bonds. The third-order valence-corrected chi connectivity index (χ3v) is 0. The Morgan fingerprint density at radius 3 is 1.17 bits per heavy atom. The summed E-state index contributed by atoms with van der Waals surface area (Å²) in [6, 6.07) is 0. The van der Waals surface area contributed by atoms with Gasteiger partial charge in [-0.05, 0) is 0 Å². The van der Waals surface area contributed by atoms with Crippen LogP contribution < -0.4 is 0 Å². The average molecular weight is 276 g/mol. The molecule has 3 nitrogen and oxygen atoms in total. The number of rotatable bonds is 0. The van der Waals surface area contributed by atoms with Gasteiger partial charge in [0, 0.05) is 0 Å². The summed E-state index contributed by atoms with van der Waals surface area (Å²) < 4.78 is 0. The van der Waals surface area contributed by atoms with E-state index in [1.807, 2.05) is 0 Å². The molecule has 0 unspecified atom stereocenters. The van der Waals surface area contributed by atoms with Crippen LogP contribution in [0.25, 0.3) is 0 Å². The molecular weight excluding hydrogens is 273 g/mol. The van der Waals surface area contributed by atoms with Gasteiger partial charge in [0.15, 0.2) is 0 Å². The Hall–Kier alpha value is 1.11. The third-order valence-electron chi connectivity index (χ3n) is 0. The van der Waals surface area contributed by atoms with Crippen molar-refractivity contribution in [3.8, 4) is 0 Å². The molecule has 6 heavy (non-hydrogen) atoms. The van der Waals surface area contributed by atoms with E-state index in [0.717, 1.165) is 23.2 Å². The molecule has 0 saturated carbocycles. The van der Waals surface area contributed by atoms with Crippen LogP contribution in [0.5, 0.6) is 0 Å². The van der Waals surface area contributed by atoms with Gasteiger partial charge < -0.3 is 15.1 Å². The fraction of sp³-hybridized carbons (Fsp3) is 0. The molecule has 0 aliphatic carbocycles. The Balaban J connectivity index is 0. The van der Waals surface area contributed by atoms with Crippen LogP contribution in [0.2, 0.25) is 0 Å². The van der Waals surface area contributed by atoms with Crippen LogP contribution >= 0.6 is 8.58 Å². The normalized spacial score (nSPS) is 5.17. The van der Waals surface area contributed by atoms with Crippen LogP contribution in [0.1, 0.15) is 0 Å². The quantitative estimate of drug-likeness (QED) is 0.479. The van der Waals surface area contributed by atoms with Gasteiger partial charge in [0.25, 0.3) is 0 Å². The summed E-state index contributed by atoms with van der Waals surface area (Å²) in [7, 11) is 2.61. The summed E-state index contributed by atoms with van der Waals surface area (Å²) in [6.45, 7) is 0. The molecule has 0 aromatic carbocycles. The molecule has 0 aliphatic rings. The zero-order valence-corrected chi connectivity index (χ0v) is 7.15. The van der Waals surface area contributed by atoms with Gasteiger partial charge in [0.1, 0.15) is 0 Å². The Labute approximate surface area is 54.3 Å². The summed E-state index contributed by atoms with van der Waals surface area (Å²) in [5, 5.41) is 21.5. The third kappa shape index (κ3) is 70.4. The first-order valence-electron chi connectivity index (χ1n) is 0.964. The van der Waals surface area contributed by atoms with Gasteiger partial charge >= 0.3 is 39.1 Å². The van der Waals surface area contributed by atoms with Crippen LogP contribution in [-0.4, -0.2) is 22.4 Å². The molecule has 0 aliphatic heterocycles. The molecule has 0 atom stereocenters. The van der Waals surface area contributed by atoms with Gasteiger partial charge in [0.2, 0.25) is 0 Å². The van der Waals surface area contributed by atoms with E-state index in [2.05, 4.69) is 0 Å². The van der Waals surface area contributed by atoms with Crippen molar-refractivity contribution in [2.24, 2.45) is 0 Å². The van der Waals surface area contributed by atoms with Gasteiger partial charge in [-0.3, -0.25) is 0 Å². The zero-order chi connectivity index (χ0) is 5.58. The van der Waals surface area contributed by atoms with Crippen molar-refractivity contribution >= 4 is 15.9 Å². The van der Waals surface area contributed by atoms with Crippen molar-refractivity contribution in [1.82, 2.24) is 0 Å². The van der Waals surface area contributed by atoms with E-state index in [1.54, 1.807) is 0 Å². The maximum atomic E-state index is 7.17. The average Bonchev–Trinajstić information content (AvgIpc) is 1.41. The van der Waals surface area contributed by atoms with Gasteiger partial charge in [-0.2, -0.15) is 0 Å². The van der Waals surface area contributed by atoms with Crippen LogP contribution in [0.15, 0.2) is 0 Å². The maximum absolute atomic E-state index is 7.17. The number of halogens is 1. The summed E-state index contributed by atoms with van der Waals surface area (Å²) in [6.07, 6.45) is 0. The van der Waals surface area contributed by atoms with Crippen LogP contribution in [0, 0.1) is 0 Å². The van der Waals surface area contributed by atoms with Crippen molar-refractivity contribution in [3.05, 3.63) is 0 Å². The zero-order valence-electron chi connectivity index (χ0n) is 2.80. The standard InChI is InChI=1S/BH3O3.ClH.Hf/c2-1(3)4;;/h2-4H;1H;/q;;+1/p-1. The summed E-state index contributed by atoms with van der Waals surface area (Å²) >= 11 is 0.778. The monoisotopic (exact) mass is 277 g/mol. The topological polar surface area (TPSA) is 60.7 Å². The predicted octanol–water partition coefficient (Wildman–Crippen LogP) is -1.36. The minimum absolute atomic E-state index is 0.778. The molecule has 0 radical (unpaired) electrons. The fourth-order valence-electron chi connectivity index (χ4n) is 0. The molecule has 0 saturated heterocycles. The molecule has 0 spiro atoms. The Morgan fingerprint density at radius 1 is 1.17 bits per heavy atom. The molecule has 3 N–H and O–H groups in total. The van der Waals surface area contributed by atoms with Crippen LogP contribution in [0.4, 0.5) is 0 Å². The molecular formula is H3BClHfO3. The molecule has 0 heterocycles. The van der Waals surface area contributed by atoms with Gasteiger partial charge in [-0.15, -0.1) is 0 Å².